The number of methoxy groups -OCH3 is 1. The first-order chi connectivity index (χ1) is 14.7. The van der Waals surface area contributed by atoms with E-state index in [1.165, 1.54) is 18.4 Å². The van der Waals surface area contributed by atoms with Crippen molar-refractivity contribution in [2.75, 3.05) is 26.8 Å². The van der Waals surface area contributed by atoms with Crippen LogP contribution in [0.2, 0.25) is 0 Å². The van der Waals surface area contributed by atoms with Gasteiger partial charge in [-0.25, -0.2) is 4.68 Å². The molecule has 8 heteroatoms. The summed E-state index contributed by atoms with van der Waals surface area (Å²) in [5.41, 5.74) is 2.69. The molecule has 0 radical (unpaired) electrons. The molecular weight excluding hydrogens is 380 g/mol. The van der Waals surface area contributed by atoms with E-state index in [0.717, 1.165) is 50.7 Å². The molecule has 1 saturated heterocycles. The lowest BCUT2D eigenvalue weighted by Gasteiger charge is -2.37. The number of ether oxygens (including phenoxy) is 2. The normalized spacial score (nSPS) is 29.1. The molecule has 0 unspecified atom stereocenters. The van der Waals surface area contributed by atoms with E-state index in [9.17, 15) is 0 Å². The molecule has 1 N–H and O–H groups in total. The van der Waals surface area contributed by atoms with E-state index in [0.29, 0.717) is 24.1 Å². The topological polar surface area (TPSA) is 92.0 Å². The summed E-state index contributed by atoms with van der Waals surface area (Å²) in [6.07, 6.45) is 8.94. The molecule has 3 aliphatic rings. The maximum atomic E-state index is 9.05. The first-order valence-electron chi connectivity index (χ1n) is 11.0. The van der Waals surface area contributed by atoms with Crippen LogP contribution in [0.4, 0.5) is 0 Å². The van der Waals surface area contributed by atoms with E-state index in [4.69, 9.17) is 14.7 Å². The Hall–Kier alpha value is -2.21. The highest BCUT2D eigenvalue weighted by Gasteiger charge is 2.44. The van der Waals surface area contributed by atoms with Crippen LogP contribution < -0.4 is 0 Å². The van der Waals surface area contributed by atoms with Crippen LogP contribution in [0.15, 0.2) is 18.5 Å². The number of aromatic nitrogens is 4. The van der Waals surface area contributed by atoms with Crippen molar-refractivity contribution in [2.45, 2.75) is 51.0 Å². The molecule has 3 heterocycles. The molecule has 8 nitrogen and oxygen atoms in total. The third-order valence-corrected chi connectivity index (χ3v) is 6.86. The predicted octanol–water partition coefficient (Wildman–Crippen LogP) is 2.50. The average Bonchev–Trinajstić information content (AvgIpc) is 3.12. The molecule has 30 heavy (non-hydrogen) atoms. The van der Waals surface area contributed by atoms with Crippen molar-refractivity contribution in [3.8, 4) is 6.07 Å². The fourth-order valence-corrected chi connectivity index (χ4v) is 5.16. The van der Waals surface area contributed by atoms with E-state index in [1.54, 1.807) is 7.11 Å². The molecule has 0 spiro atoms. The monoisotopic (exact) mass is 410 g/mol. The highest BCUT2D eigenvalue weighted by atomic mass is 16.5. The maximum Gasteiger partial charge on any atom is 0.117 e. The number of likely N-dealkylation sites (tertiary alicyclic amines) is 1. The van der Waals surface area contributed by atoms with Gasteiger partial charge in [0.25, 0.3) is 0 Å². The van der Waals surface area contributed by atoms with Gasteiger partial charge >= 0.3 is 0 Å². The minimum atomic E-state index is 0.196. The smallest absolute Gasteiger partial charge is 0.117 e. The van der Waals surface area contributed by atoms with Crippen LogP contribution in [-0.2, 0) is 22.6 Å². The number of nitrogens with zero attached hydrogens (tertiary/aromatic N) is 5. The van der Waals surface area contributed by atoms with Crippen molar-refractivity contribution in [1.29, 1.82) is 5.26 Å². The minimum Gasteiger partial charge on any atom is -0.378 e. The Morgan fingerprint density at radius 2 is 2.10 bits per heavy atom. The molecule has 0 aromatic carbocycles. The average molecular weight is 411 g/mol. The molecule has 2 aliphatic carbocycles. The number of nitrogens with one attached hydrogen (secondary N) is 1. The standard InChI is InChI=1S/C22H30N6O2/c1-29-14-20-12-28(26-25-20)21-5-17-10-27(9-16-4-19(7-23)24-8-16)11-18(17)6-22(21)30-13-15-2-3-15/h4,8,12,15,17-18,21-22,24H,2-3,5-6,9-11,13-14H2,1H3/t17-,18+,21-,22-/m1/s1. The summed E-state index contributed by atoms with van der Waals surface area (Å²) < 4.78 is 13.7. The molecule has 2 aromatic rings. The van der Waals surface area contributed by atoms with Gasteiger partial charge in [-0.3, -0.25) is 4.90 Å². The quantitative estimate of drug-likeness (QED) is 0.719. The predicted molar refractivity (Wildman–Crippen MR) is 109 cm³/mol. The lowest BCUT2D eigenvalue weighted by Crippen LogP contribution is -2.38. The van der Waals surface area contributed by atoms with E-state index in [-0.39, 0.29) is 12.1 Å². The third kappa shape index (κ3) is 4.29. The fraction of sp³-hybridized carbons (Fsp3) is 0.682. The fourth-order valence-electron chi connectivity index (χ4n) is 5.16. The van der Waals surface area contributed by atoms with Crippen LogP contribution in [-0.4, -0.2) is 57.8 Å². The second-order valence-corrected chi connectivity index (χ2v) is 9.22. The number of fused-ring (bicyclic) bond motifs is 1. The molecule has 5 rings (SSSR count). The summed E-state index contributed by atoms with van der Waals surface area (Å²) in [7, 11) is 1.68. The van der Waals surface area contributed by atoms with Crippen molar-refractivity contribution in [1.82, 2.24) is 24.9 Å². The molecule has 2 saturated carbocycles. The zero-order valence-electron chi connectivity index (χ0n) is 17.5. The highest BCUT2D eigenvalue weighted by molar-refractivity contribution is 5.26. The maximum absolute atomic E-state index is 9.05. The number of H-pyrrole nitrogens is 1. The van der Waals surface area contributed by atoms with Crippen LogP contribution in [0.1, 0.15) is 48.7 Å². The Morgan fingerprint density at radius 3 is 2.83 bits per heavy atom. The SMILES string of the molecule is COCc1cn([C@@H]2C[C@@H]3CN(Cc4c[nH]c(C#N)c4)C[C@@H]3C[C@H]2OCC2CC2)nn1. The van der Waals surface area contributed by atoms with Crippen LogP contribution in [0.3, 0.4) is 0 Å². The van der Waals surface area contributed by atoms with Gasteiger partial charge in [0.2, 0.25) is 0 Å². The number of hydrogen-bond donors (Lipinski definition) is 1. The number of hydrogen-bond acceptors (Lipinski definition) is 6. The van der Waals surface area contributed by atoms with Gasteiger partial charge in [0.05, 0.1) is 24.9 Å². The zero-order chi connectivity index (χ0) is 20.5. The summed E-state index contributed by atoms with van der Waals surface area (Å²) in [5.74, 6) is 2.05. The Balaban J connectivity index is 1.27. The Kier molecular flexibility index (Phi) is 5.59. The Bertz CT molecular complexity index is 898. The Labute approximate surface area is 177 Å². The first kappa shape index (κ1) is 19.7. The second kappa shape index (κ2) is 8.50. The van der Waals surface area contributed by atoms with E-state index in [1.807, 2.05) is 23.1 Å². The van der Waals surface area contributed by atoms with E-state index < -0.39 is 0 Å². The lowest BCUT2D eigenvalue weighted by molar-refractivity contribution is -0.0376. The van der Waals surface area contributed by atoms with Crippen molar-refractivity contribution in [3.05, 3.63) is 35.4 Å². The van der Waals surface area contributed by atoms with Crippen molar-refractivity contribution in [2.24, 2.45) is 17.8 Å². The number of nitriles is 1. The Morgan fingerprint density at radius 1 is 1.27 bits per heavy atom. The van der Waals surface area contributed by atoms with E-state index >= 15 is 0 Å². The van der Waals surface area contributed by atoms with Gasteiger partial charge in [0, 0.05) is 39.5 Å². The van der Waals surface area contributed by atoms with Crippen LogP contribution >= 0.6 is 0 Å². The van der Waals surface area contributed by atoms with E-state index in [2.05, 4.69) is 26.3 Å². The largest absolute Gasteiger partial charge is 0.378 e. The molecule has 3 fully saturated rings. The highest BCUT2D eigenvalue weighted by Crippen LogP contribution is 2.43. The van der Waals surface area contributed by atoms with Crippen molar-refractivity contribution < 1.29 is 9.47 Å². The number of aromatic amines is 1. The minimum absolute atomic E-state index is 0.196. The summed E-state index contributed by atoms with van der Waals surface area (Å²) in [6, 6.07) is 4.37. The van der Waals surface area contributed by atoms with Gasteiger partial charge in [-0.05, 0) is 55.1 Å². The summed E-state index contributed by atoms with van der Waals surface area (Å²) in [6.45, 7) is 4.44. The molecule has 2 aromatic heterocycles. The van der Waals surface area contributed by atoms with Gasteiger partial charge in [-0.15, -0.1) is 5.10 Å². The van der Waals surface area contributed by atoms with Gasteiger partial charge < -0.3 is 14.5 Å². The third-order valence-electron chi connectivity index (χ3n) is 6.86. The molecule has 0 amide bonds. The van der Waals surface area contributed by atoms with Crippen molar-refractivity contribution >= 4 is 0 Å². The van der Waals surface area contributed by atoms with Gasteiger partial charge in [-0.2, -0.15) is 5.26 Å². The number of rotatable bonds is 8. The summed E-state index contributed by atoms with van der Waals surface area (Å²) >= 11 is 0. The molecule has 160 valence electrons. The molecular formula is C22H30N6O2. The first-order valence-corrected chi connectivity index (χ1v) is 11.0. The molecule has 0 bridgehead atoms. The second-order valence-electron chi connectivity index (χ2n) is 9.22. The summed E-state index contributed by atoms with van der Waals surface area (Å²) in [4.78, 5) is 5.56. The molecule has 4 atom stereocenters. The molecule has 1 aliphatic heterocycles. The van der Waals surface area contributed by atoms with Gasteiger partial charge in [0.15, 0.2) is 0 Å². The van der Waals surface area contributed by atoms with Crippen LogP contribution in [0, 0.1) is 29.1 Å². The van der Waals surface area contributed by atoms with Gasteiger partial charge in [-0.1, -0.05) is 5.21 Å². The summed E-state index contributed by atoms with van der Waals surface area (Å²) in [5, 5.41) is 17.8. The lowest BCUT2D eigenvalue weighted by atomic mass is 9.77. The van der Waals surface area contributed by atoms with Gasteiger partial charge in [0.1, 0.15) is 17.5 Å². The van der Waals surface area contributed by atoms with Crippen LogP contribution in [0.25, 0.3) is 0 Å². The van der Waals surface area contributed by atoms with Crippen LogP contribution in [0.5, 0.6) is 0 Å². The zero-order valence-corrected chi connectivity index (χ0v) is 17.5. The van der Waals surface area contributed by atoms with Crippen molar-refractivity contribution in [3.63, 3.8) is 0 Å².